The summed E-state index contributed by atoms with van der Waals surface area (Å²) in [5, 5.41) is 0. The van der Waals surface area contributed by atoms with Gasteiger partial charge in [-0.2, -0.15) is 0 Å². The Hall–Kier alpha value is -0.640. The maximum atomic E-state index is 10.6. The fourth-order valence-electron chi connectivity index (χ4n) is 0.449. The van der Waals surface area contributed by atoms with Crippen LogP contribution in [-0.4, -0.2) is 28.5 Å². The number of carbonyl (C=O) groups excluding carboxylic acids is 1. The maximum Gasteiger partial charge on any atom is 0.330 e. The van der Waals surface area contributed by atoms with Gasteiger partial charge in [-0.05, 0) is 6.92 Å². The van der Waals surface area contributed by atoms with Crippen LogP contribution in [0.1, 0.15) is 6.92 Å². The van der Waals surface area contributed by atoms with Gasteiger partial charge in [-0.1, -0.05) is 6.08 Å². The molecule has 0 saturated carbocycles. The van der Waals surface area contributed by atoms with E-state index in [1.54, 1.807) is 6.92 Å². The molecule has 70 valence electrons. The fourth-order valence-corrected chi connectivity index (χ4v) is 0.778. The van der Waals surface area contributed by atoms with E-state index < -0.39 is 19.7 Å². The summed E-state index contributed by atoms with van der Waals surface area (Å²) in [6.07, 6.45) is 2.23. The summed E-state index contributed by atoms with van der Waals surface area (Å²) in [6.45, 7) is 1.39. The Morgan fingerprint density at radius 3 is 2.58 bits per heavy atom. The summed E-state index contributed by atoms with van der Waals surface area (Å²) in [5.41, 5.74) is 0. The molecule has 2 N–H and O–H groups in total. The van der Waals surface area contributed by atoms with E-state index in [1.807, 2.05) is 0 Å². The zero-order valence-corrected chi connectivity index (χ0v) is 7.53. The maximum absolute atomic E-state index is 10.6. The van der Waals surface area contributed by atoms with E-state index in [1.165, 1.54) is 12.2 Å². The second-order valence-electron chi connectivity index (χ2n) is 2.06. The van der Waals surface area contributed by atoms with Crippen molar-refractivity contribution in [1.82, 2.24) is 0 Å². The van der Waals surface area contributed by atoms with Gasteiger partial charge in [-0.3, -0.25) is 4.57 Å². The molecule has 0 atom stereocenters. The topological polar surface area (TPSA) is 83.8 Å². The van der Waals surface area contributed by atoms with Crippen LogP contribution in [0, 0.1) is 0 Å². The van der Waals surface area contributed by atoms with Gasteiger partial charge in [0, 0.05) is 6.08 Å². The lowest BCUT2D eigenvalue weighted by molar-refractivity contribution is -0.137. The first-order chi connectivity index (χ1) is 5.45. The summed E-state index contributed by atoms with van der Waals surface area (Å²) in [5.74, 6) is -0.592. The van der Waals surface area contributed by atoms with Crippen molar-refractivity contribution in [1.29, 1.82) is 0 Å². The van der Waals surface area contributed by atoms with Crippen molar-refractivity contribution in [3.8, 4) is 0 Å². The predicted molar refractivity (Wildman–Crippen MR) is 42.7 cm³/mol. The van der Waals surface area contributed by atoms with Crippen LogP contribution in [0.5, 0.6) is 0 Å². The van der Waals surface area contributed by atoms with Crippen molar-refractivity contribution in [2.45, 2.75) is 6.92 Å². The fraction of sp³-hybridized carbons (Fsp3) is 0.500. The molecule has 0 bridgehead atoms. The number of hydrogen-bond donors (Lipinski definition) is 2. The summed E-state index contributed by atoms with van der Waals surface area (Å²) in [6, 6.07) is 0. The number of ether oxygens (including phenoxy) is 1. The highest BCUT2D eigenvalue weighted by Crippen LogP contribution is 2.33. The molecule has 5 nitrogen and oxygen atoms in total. The predicted octanol–water partition coefficient (Wildman–Crippen LogP) is 0.283. The average Bonchev–Trinajstić information content (AvgIpc) is 1.84. The molecule has 0 unspecified atom stereocenters. The normalized spacial score (nSPS) is 11.9. The third kappa shape index (κ3) is 7.47. The van der Waals surface area contributed by atoms with Crippen LogP contribution in [-0.2, 0) is 14.1 Å². The molecule has 0 aromatic rings. The quantitative estimate of drug-likeness (QED) is 0.381. The highest BCUT2D eigenvalue weighted by atomic mass is 31.2. The van der Waals surface area contributed by atoms with Crippen LogP contribution in [0.25, 0.3) is 0 Å². The van der Waals surface area contributed by atoms with Crippen molar-refractivity contribution in [2.24, 2.45) is 0 Å². The monoisotopic (exact) mass is 194 g/mol. The first kappa shape index (κ1) is 11.4. The summed E-state index contributed by atoms with van der Waals surface area (Å²) < 4.78 is 14.7. The highest BCUT2D eigenvalue weighted by Gasteiger charge is 2.12. The molecule has 0 aromatic heterocycles. The number of esters is 1. The van der Waals surface area contributed by atoms with Gasteiger partial charge in [0.1, 0.15) is 6.61 Å². The molecule has 0 amide bonds. The van der Waals surface area contributed by atoms with Crippen LogP contribution in [0.2, 0.25) is 0 Å². The Bertz CT molecular complexity index is 216. The van der Waals surface area contributed by atoms with E-state index in [9.17, 15) is 9.36 Å². The van der Waals surface area contributed by atoms with Crippen LogP contribution in [0.3, 0.4) is 0 Å². The second-order valence-corrected chi connectivity index (χ2v) is 3.83. The highest BCUT2D eigenvalue weighted by molar-refractivity contribution is 7.51. The Balaban J connectivity index is 3.58. The molecule has 0 aliphatic carbocycles. The van der Waals surface area contributed by atoms with Gasteiger partial charge in [-0.25, -0.2) is 4.79 Å². The number of carbonyl (C=O) groups is 1. The SMILES string of the molecule is C/C=C/C(=O)OCCP(=O)(O)O. The van der Waals surface area contributed by atoms with Crippen LogP contribution < -0.4 is 0 Å². The lowest BCUT2D eigenvalue weighted by Crippen LogP contribution is -2.05. The summed E-state index contributed by atoms with van der Waals surface area (Å²) in [4.78, 5) is 27.3. The van der Waals surface area contributed by atoms with E-state index in [4.69, 9.17) is 9.79 Å². The minimum absolute atomic E-state index is 0.256. The molecular formula is C6H11O5P. The smallest absolute Gasteiger partial charge is 0.330 e. The van der Waals surface area contributed by atoms with Crippen molar-refractivity contribution < 1.29 is 23.9 Å². The van der Waals surface area contributed by atoms with Crippen LogP contribution in [0.15, 0.2) is 12.2 Å². The minimum atomic E-state index is -4.04. The molecule has 0 spiro atoms. The number of allylic oxidation sites excluding steroid dienone is 1. The largest absolute Gasteiger partial charge is 0.462 e. The van der Waals surface area contributed by atoms with Gasteiger partial charge in [0.2, 0.25) is 0 Å². The number of hydrogen-bond acceptors (Lipinski definition) is 3. The van der Waals surface area contributed by atoms with Crippen molar-refractivity contribution in [3.63, 3.8) is 0 Å². The van der Waals surface area contributed by atoms with Gasteiger partial charge >= 0.3 is 13.6 Å². The van der Waals surface area contributed by atoms with Crippen LogP contribution in [0.4, 0.5) is 0 Å². The average molecular weight is 194 g/mol. The van der Waals surface area contributed by atoms with E-state index >= 15 is 0 Å². The summed E-state index contributed by atoms with van der Waals surface area (Å²) in [7, 11) is -4.04. The molecule has 12 heavy (non-hydrogen) atoms. The molecule has 0 aromatic carbocycles. The molecule has 0 fully saturated rings. The van der Waals surface area contributed by atoms with Gasteiger partial charge in [0.05, 0.1) is 6.16 Å². The van der Waals surface area contributed by atoms with E-state index in [0.717, 1.165) is 0 Å². The molecular weight excluding hydrogens is 183 g/mol. The Labute approximate surface area is 70.2 Å². The number of rotatable bonds is 4. The molecule has 0 radical (unpaired) electrons. The van der Waals surface area contributed by atoms with E-state index in [0.29, 0.717) is 0 Å². The first-order valence-electron chi connectivity index (χ1n) is 3.30. The van der Waals surface area contributed by atoms with Crippen molar-refractivity contribution in [3.05, 3.63) is 12.2 Å². The lowest BCUT2D eigenvalue weighted by atomic mass is 10.5. The van der Waals surface area contributed by atoms with Crippen LogP contribution >= 0.6 is 7.60 Å². The van der Waals surface area contributed by atoms with E-state index in [-0.39, 0.29) is 6.61 Å². The van der Waals surface area contributed by atoms with Crippen molar-refractivity contribution >= 4 is 13.6 Å². The third-order valence-electron chi connectivity index (χ3n) is 0.930. The van der Waals surface area contributed by atoms with Gasteiger partial charge in [0.25, 0.3) is 0 Å². The molecule has 0 heterocycles. The summed E-state index contributed by atoms with van der Waals surface area (Å²) >= 11 is 0. The molecule has 0 saturated heterocycles. The molecule has 0 aliphatic heterocycles. The zero-order chi connectivity index (χ0) is 9.61. The van der Waals surface area contributed by atoms with Crippen molar-refractivity contribution in [2.75, 3.05) is 12.8 Å². The third-order valence-corrected chi connectivity index (χ3v) is 1.69. The Morgan fingerprint density at radius 2 is 2.17 bits per heavy atom. The second kappa shape index (κ2) is 5.09. The lowest BCUT2D eigenvalue weighted by Gasteiger charge is -2.02. The van der Waals surface area contributed by atoms with E-state index in [2.05, 4.69) is 4.74 Å². The first-order valence-corrected chi connectivity index (χ1v) is 5.09. The van der Waals surface area contributed by atoms with Gasteiger partial charge in [0.15, 0.2) is 0 Å². The Morgan fingerprint density at radius 1 is 1.58 bits per heavy atom. The molecule has 0 rings (SSSR count). The van der Waals surface area contributed by atoms with Gasteiger partial charge < -0.3 is 14.5 Å². The molecule has 6 heteroatoms. The zero-order valence-electron chi connectivity index (χ0n) is 6.64. The minimum Gasteiger partial charge on any atom is -0.462 e. The Kier molecular flexibility index (Phi) is 4.81. The standard InChI is InChI=1S/C6H11O5P/c1-2-3-6(7)11-4-5-12(8,9)10/h2-3H,4-5H2,1H3,(H2,8,9,10)/b3-2+. The molecule has 0 aliphatic rings. The van der Waals surface area contributed by atoms with Gasteiger partial charge in [-0.15, -0.1) is 0 Å².